The fraction of sp³-hybridized carbons (Fsp3) is 0.125. The molecule has 0 atom stereocenters. The van der Waals surface area contributed by atoms with Crippen LogP contribution in [0.1, 0.15) is 16.2 Å². The summed E-state index contributed by atoms with van der Waals surface area (Å²) in [6.45, 7) is 1.72. The number of fused-ring (bicyclic) bond motifs is 1. The summed E-state index contributed by atoms with van der Waals surface area (Å²) in [6.07, 6.45) is 1.66. The van der Waals surface area contributed by atoms with Crippen LogP contribution < -0.4 is 4.74 Å². The van der Waals surface area contributed by atoms with Gasteiger partial charge >= 0.3 is 5.97 Å². The number of aromatic nitrogens is 2. The number of benzene rings is 1. The zero-order chi connectivity index (χ0) is 17.3. The largest absolute Gasteiger partial charge is 0.464 e. The maximum absolute atomic E-state index is 11.8. The summed E-state index contributed by atoms with van der Waals surface area (Å²) in [5.41, 5.74) is 1.43. The van der Waals surface area contributed by atoms with Crippen molar-refractivity contribution in [2.24, 2.45) is 0 Å². The van der Waals surface area contributed by atoms with Crippen LogP contribution in [0.25, 0.3) is 5.65 Å². The fourth-order valence-corrected chi connectivity index (χ4v) is 2.32. The van der Waals surface area contributed by atoms with Gasteiger partial charge in [-0.05, 0) is 25.1 Å². The summed E-state index contributed by atoms with van der Waals surface area (Å²) < 4.78 is 12.0. The molecule has 3 aromatic rings. The molecule has 2 aromatic heterocycles. The minimum atomic E-state index is -0.475. The number of nitrogens with zero attached hydrogens (tertiary/aromatic N) is 3. The Balaban J connectivity index is 1.91. The Labute approximate surface area is 136 Å². The van der Waals surface area contributed by atoms with E-state index in [0.29, 0.717) is 28.5 Å². The molecule has 8 heteroatoms. The number of rotatable bonds is 4. The molecule has 0 saturated carbocycles. The third-order valence-corrected chi connectivity index (χ3v) is 3.43. The highest BCUT2D eigenvalue weighted by atomic mass is 16.6. The summed E-state index contributed by atoms with van der Waals surface area (Å²) in [4.78, 5) is 26.3. The van der Waals surface area contributed by atoms with Gasteiger partial charge in [0, 0.05) is 24.4 Å². The molecule has 8 nitrogen and oxygen atoms in total. The Hall–Kier alpha value is -3.42. The lowest BCUT2D eigenvalue weighted by atomic mass is 10.3. The van der Waals surface area contributed by atoms with E-state index in [1.54, 1.807) is 29.7 Å². The average molecular weight is 327 g/mol. The summed E-state index contributed by atoms with van der Waals surface area (Å²) in [5.74, 6) is 0.489. The van der Waals surface area contributed by atoms with Gasteiger partial charge in [0.1, 0.15) is 17.1 Å². The summed E-state index contributed by atoms with van der Waals surface area (Å²) in [6, 6.07) is 9.09. The minimum absolute atomic E-state index is 0.00981. The van der Waals surface area contributed by atoms with Crippen molar-refractivity contribution in [1.29, 1.82) is 0 Å². The van der Waals surface area contributed by atoms with Gasteiger partial charge in [-0.25, -0.2) is 9.78 Å². The van der Waals surface area contributed by atoms with E-state index < -0.39 is 10.9 Å². The molecule has 0 aliphatic rings. The average Bonchev–Trinajstić information content (AvgIpc) is 2.89. The normalized spacial score (nSPS) is 10.6. The molecule has 1 aromatic carbocycles. The number of hydrogen-bond donors (Lipinski definition) is 0. The molecule has 0 bridgehead atoms. The Morgan fingerprint density at radius 1 is 1.21 bits per heavy atom. The van der Waals surface area contributed by atoms with Gasteiger partial charge in [-0.15, -0.1) is 0 Å². The molecular formula is C16H13N3O5. The van der Waals surface area contributed by atoms with E-state index in [0.717, 1.165) is 0 Å². The maximum Gasteiger partial charge on any atom is 0.356 e. The molecular weight excluding hydrogens is 314 g/mol. The van der Waals surface area contributed by atoms with Crippen molar-refractivity contribution >= 4 is 17.3 Å². The van der Waals surface area contributed by atoms with Crippen LogP contribution in [-0.4, -0.2) is 27.4 Å². The monoisotopic (exact) mass is 327 g/mol. The Morgan fingerprint density at radius 2 is 1.92 bits per heavy atom. The van der Waals surface area contributed by atoms with Crippen molar-refractivity contribution in [2.45, 2.75) is 6.92 Å². The second kappa shape index (κ2) is 5.99. The van der Waals surface area contributed by atoms with Gasteiger partial charge < -0.3 is 9.47 Å². The van der Waals surface area contributed by atoms with Crippen molar-refractivity contribution in [3.8, 4) is 11.5 Å². The summed E-state index contributed by atoms with van der Waals surface area (Å²) >= 11 is 0. The van der Waals surface area contributed by atoms with E-state index in [9.17, 15) is 14.9 Å². The van der Waals surface area contributed by atoms with Crippen LogP contribution in [0, 0.1) is 17.0 Å². The zero-order valence-electron chi connectivity index (χ0n) is 12.9. The number of nitro benzene ring substituents is 1. The van der Waals surface area contributed by atoms with Crippen molar-refractivity contribution in [1.82, 2.24) is 9.38 Å². The number of hydrogen-bond acceptors (Lipinski definition) is 6. The van der Waals surface area contributed by atoms with Crippen molar-refractivity contribution in [3.05, 3.63) is 64.1 Å². The van der Waals surface area contributed by atoms with Crippen molar-refractivity contribution in [2.75, 3.05) is 7.11 Å². The first-order chi connectivity index (χ1) is 11.5. The summed E-state index contributed by atoms with van der Waals surface area (Å²) in [5, 5.41) is 10.6. The number of methoxy groups -OCH3 is 1. The number of non-ortho nitro benzene ring substituents is 1. The Morgan fingerprint density at radius 3 is 2.54 bits per heavy atom. The van der Waals surface area contributed by atoms with E-state index >= 15 is 0 Å². The lowest BCUT2D eigenvalue weighted by molar-refractivity contribution is -0.384. The third kappa shape index (κ3) is 2.76. The molecule has 122 valence electrons. The van der Waals surface area contributed by atoms with Crippen LogP contribution in [0.5, 0.6) is 11.5 Å². The Bertz CT molecular complexity index is 931. The van der Waals surface area contributed by atoms with E-state index in [1.165, 1.54) is 31.4 Å². The molecule has 0 aliphatic carbocycles. The predicted molar refractivity (Wildman–Crippen MR) is 84.4 cm³/mol. The van der Waals surface area contributed by atoms with Gasteiger partial charge in [0.15, 0.2) is 5.69 Å². The number of pyridine rings is 1. The predicted octanol–water partition coefficient (Wildman–Crippen LogP) is 3.13. The van der Waals surface area contributed by atoms with Gasteiger partial charge in [0.25, 0.3) is 5.69 Å². The van der Waals surface area contributed by atoms with Crippen LogP contribution in [-0.2, 0) is 4.74 Å². The highest BCUT2D eigenvalue weighted by Crippen LogP contribution is 2.25. The molecule has 0 N–H and O–H groups in total. The van der Waals surface area contributed by atoms with Crippen molar-refractivity contribution < 1.29 is 19.2 Å². The topological polar surface area (TPSA) is 96.0 Å². The van der Waals surface area contributed by atoms with E-state index in [4.69, 9.17) is 9.47 Å². The molecule has 3 rings (SSSR count). The third-order valence-electron chi connectivity index (χ3n) is 3.43. The first-order valence-electron chi connectivity index (χ1n) is 6.99. The number of aryl methyl sites for hydroxylation is 1. The molecule has 0 unspecified atom stereocenters. The number of carbonyl (C=O) groups is 1. The van der Waals surface area contributed by atoms with E-state index in [-0.39, 0.29) is 5.69 Å². The van der Waals surface area contributed by atoms with Gasteiger partial charge in [-0.2, -0.15) is 0 Å². The van der Waals surface area contributed by atoms with Gasteiger partial charge in [0.05, 0.1) is 17.7 Å². The Kier molecular flexibility index (Phi) is 3.87. The van der Waals surface area contributed by atoms with Crippen LogP contribution >= 0.6 is 0 Å². The van der Waals surface area contributed by atoms with Gasteiger partial charge in [0.2, 0.25) is 0 Å². The first-order valence-corrected chi connectivity index (χ1v) is 6.99. The smallest absolute Gasteiger partial charge is 0.356 e. The number of imidazole rings is 1. The van der Waals surface area contributed by atoms with Gasteiger partial charge in [-0.1, -0.05) is 0 Å². The van der Waals surface area contributed by atoms with Crippen LogP contribution in [0.3, 0.4) is 0 Å². The lowest BCUT2D eigenvalue weighted by Crippen LogP contribution is -2.06. The zero-order valence-corrected chi connectivity index (χ0v) is 12.9. The van der Waals surface area contributed by atoms with E-state index in [1.807, 2.05) is 0 Å². The van der Waals surface area contributed by atoms with Gasteiger partial charge in [-0.3, -0.25) is 14.5 Å². The number of carbonyl (C=O) groups excluding carboxylic acids is 1. The first kappa shape index (κ1) is 15.5. The fourth-order valence-electron chi connectivity index (χ4n) is 2.32. The standard InChI is InChI=1S/C16H13N3O5/c1-10-15(16(20)23-2)18-8-7-13(9-14(18)17-10)24-12-5-3-11(4-6-12)19(21)22/h3-9H,1-2H3. The second-order valence-electron chi connectivity index (χ2n) is 4.98. The molecule has 0 spiro atoms. The molecule has 0 saturated heterocycles. The molecule has 0 radical (unpaired) electrons. The minimum Gasteiger partial charge on any atom is -0.464 e. The number of ether oxygens (including phenoxy) is 2. The highest BCUT2D eigenvalue weighted by molar-refractivity contribution is 5.90. The van der Waals surface area contributed by atoms with Crippen molar-refractivity contribution in [3.63, 3.8) is 0 Å². The lowest BCUT2D eigenvalue weighted by Gasteiger charge is -2.06. The van der Waals surface area contributed by atoms with E-state index in [2.05, 4.69) is 4.98 Å². The van der Waals surface area contributed by atoms with Crippen LogP contribution in [0.15, 0.2) is 42.6 Å². The molecule has 2 heterocycles. The molecule has 0 fully saturated rings. The quantitative estimate of drug-likeness (QED) is 0.415. The number of esters is 1. The molecule has 0 aliphatic heterocycles. The van der Waals surface area contributed by atoms with Crippen LogP contribution in [0.2, 0.25) is 0 Å². The SMILES string of the molecule is COC(=O)c1c(C)nc2cc(Oc3ccc([N+](=O)[O-])cc3)ccn12. The maximum atomic E-state index is 11.8. The second-order valence-corrected chi connectivity index (χ2v) is 4.98. The molecule has 24 heavy (non-hydrogen) atoms. The summed E-state index contributed by atoms with van der Waals surface area (Å²) in [7, 11) is 1.31. The number of nitro groups is 1. The highest BCUT2D eigenvalue weighted by Gasteiger charge is 2.17. The molecule has 0 amide bonds. The van der Waals surface area contributed by atoms with Crippen LogP contribution in [0.4, 0.5) is 5.69 Å².